The first-order chi connectivity index (χ1) is 16.8. The van der Waals surface area contributed by atoms with Crippen LogP contribution in [-0.4, -0.2) is 44.3 Å². The lowest BCUT2D eigenvalue weighted by atomic mass is 9.86. The maximum Gasteiger partial charge on any atom is 0.410 e. The minimum Gasteiger partial charge on any atom is -0.484 e. The Morgan fingerprint density at radius 2 is 1.77 bits per heavy atom. The van der Waals surface area contributed by atoms with Crippen LogP contribution in [0.3, 0.4) is 0 Å². The summed E-state index contributed by atoms with van der Waals surface area (Å²) in [5, 5.41) is 8.82. The highest BCUT2D eigenvalue weighted by Gasteiger charge is 2.28. The first kappa shape index (κ1) is 23.6. The lowest BCUT2D eigenvalue weighted by Gasteiger charge is -2.33. The Morgan fingerprint density at radius 1 is 1.03 bits per heavy atom. The van der Waals surface area contributed by atoms with E-state index in [9.17, 15) is 4.79 Å². The van der Waals surface area contributed by atoms with Gasteiger partial charge in [0.15, 0.2) is 5.65 Å². The second-order valence-electron chi connectivity index (χ2n) is 10.7. The zero-order valence-corrected chi connectivity index (χ0v) is 20.8. The molecule has 1 amide bonds. The number of aromatic nitrogens is 3. The molecule has 5 rings (SSSR count). The summed E-state index contributed by atoms with van der Waals surface area (Å²) < 4.78 is 14.0. The highest BCUT2D eigenvalue weighted by molar-refractivity contribution is 5.68. The average molecular weight is 478 g/mol. The number of carbonyl (C=O) groups is 1. The van der Waals surface area contributed by atoms with E-state index >= 15 is 0 Å². The molecular formula is C27H35N5O3. The van der Waals surface area contributed by atoms with E-state index in [1.54, 1.807) is 0 Å². The van der Waals surface area contributed by atoms with E-state index in [4.69, 9.17) is 15.2 Å². The number of fused-ring (bicyclic) bond motifs is 2. The van der Waals surface area contributed by atoms with Crippen LogP contribution in [0.1, 0.15) is 75.6 Å². The van der Waals surface area contributed by atoms with Gasteiger partial charge in [0.2, 0.25) is 0 Å². The summed E-state index contributed by atoms with van der Waals surface area (Å²) in [6.07, 6.45) is 6.21. The van der Waals surface area contributed by atoms with Gasteiger partial charge >= 0.3 is 6.09 Å². The van der Waals surface area contributed by atoms with E-state index in [0.29, 0.717) is 19.0 Å². The molecular weight excluding hydrogens is 442 g/mol. The van der Waals surface area contributed by atoms with Gasteiger partial charge in [-0.25, -0.2) is 4.79 Å². The molecule has 0 spiro atoms. The maximum absolute atomic E-state index is 12.4. The summed E-state index contributed by atoms with van der Waals surface area (Å²) in [6, 6.07) is 12.3. The number of ether oxygens (including phenoxy) is 2. The number of rotatable bonds is 4. The van der Waals surface area contributed by atoms with Crippen molar-refractivity contribution in [1.82, 2.24) is 19.5 Å². The Hall–Kier alpha value is -3.13. The summed E-state index contributed by atoms with van der Waals surface area (Å²) in [6.45, 7) is 7.10. The Labute approximate surface area is 206 Å². The number of carbonyl (C=O) groups excluding carboxylic acids is 1. The van der Waals surface area contributed by atoms with Crippen molar-refractivity contribution in [3.63, 3.8) is 0 Å². The molecule has 0 radical (unpaired) electrons. The lowest BCUT2D eigenvalue weighted by molar-refractivity contribution is 0.0183. The fraction of sp³-hybridized carbons (Fsp3) is 0.519. The standard InChI is InChI=1S/C27H35N5O3/c1-27(2,3)35-26(33)31-14-12-18(13-15-31)16-25-30-29-24-11-8-19(17-32(24)25)34-23-10-9-22(28)20-6-4-5-7-21(20)23/h4-8,11,17-18,22-23H,9-10,12-16,28H2,1-3H3/t22-,23+/m0/s1. The molecule has 186 valence electrons. The van der Waals surface area contributed by atoms with Gasteiger partial charge in [-0.2, -0.15) is 0 Å². The average Bonchev–Trinajstić information content (AvgIpc) is 3.22. The number of nitrogens with zero attached hydrogens (tertiary/aromatic N) is 4. The van der Waals surface area contributed by atoms with Gasteiger partial charge in [-0.3, -0.25) is 4.40 Å². The molecule has 1 aliphatic heterocycles. The van der Waals surface area contributed by atoms with Crippen molar-refractivity contribution in [2.24, 2.45) is 11.7 Å². The normalized spacial score (nSPS) is 21.1. The van der Waals surface area contributed by atoms with Gasteiger partial charge in [0, 0.05) is 25.6 Å². The highest BCUT2D eigenvalue weighted by Crippen LogP contribution is 2.37. The van der Waals surface area contributed by atoms with Crippen molar-refractivity contribution in [2.75, 3.05) is 13.1 Å². The fourth-order valence-electron chi connectivity index (χ4n) is 5.10. The van der Waals surface area contributed by atoms with Crippen molar-refractivity contribution in [3.8, 4) is 5.75 Å². The largest absolute Gasteiger partial charge is 0.484 e. The second kappa shape index (κ2) is 9.49. The summed E-state index contributed by atoms with van der Waals surface area (Å²) in [7, 11) is 0. The predicted octanol–water partition coefficient (Wildman–Crippen LogP) is 4.83. The smallest absolute Gasteiger partial charge is 0.410 e. The number of likely N-dealkylation sites (tertiary alicyclic amines) is 1. The van der Waals surface area contributed by atoms with Gasteiger partial charge < -0.3 is 20.1 Å². The van der Waals surface area contributed by atoms with E-state index in [0.717, 1.165) is 49.3 Å². The predicted molar refractivity (Wildman–Crippen MR) is 133 cm³/mol. The molecule has 1 saturated heterocycles. The van der Waals surface area contributed by atoms with Crippen LogP contribution in [-0.2, 0) is 11.2 Å². The van der Waals surface area contributed by atoms with Crippen LogP contribution >= 0.6 is 0 Å². The molecule has 0 unspecified atom stereocenters. The highest BCUT2D eigenvalue weighted by atomic mass is 16.6. The molecule has 3 heterocycles. The van der Waals surface area contributed by atoms with E-state index in [-0.39, 0.29) is 18.2 Å². The number of nitrogens with two attached hydrogens (primary N) is 1. The molecule has 1 aromatic carbocycles. The van der Waals surface area contributed by atoms with E-state index < -0.39 is 5.60 Å². The quantitative estimate of drug-likeness (QED) is 0.578. The molecule has 3 aromatic rings. The molecule has 2 aliphatic rings. The number of amides is 1. The van der Waals surface area contributed by atoms with Crippen molar-refractivity contribution < 1.29 is 14.3 Å². The minimum atomic E-state index is -0.472. The van der Waals surface area contributed by atoms with Gasteiger partial charge in [0.1, 0.15) is 23.3 Å². The first-order valence-corrected chi connectivity index (χ1v) is 12.6. The number of pyridine rings is 1. The Bertz CT molecular complexity index is 1190. The zero-order chi connectivity index (χ0) is 24.6. The molecule has 35 heavy (non-hydrogen) atoms. The molecule has 1 fully saturated rings. The summed E-state index contributed by atoms with van der Waals surface area (Å²) in [5.41, 5.74) is 9.00. The van der Waals surface area contributed by atoms with Gasteiger partial charge in [-0.1, -0.05) is 24.3 Å². The van der Waals surface area contributed by atoms with Crippen LogP contribution in [0, 0.1) is 5.92 Å². The number of piperidine rings is 1. The topological polar surface area (TPSA) is 95.0 Å². The maximum atomic E-state index is 12.4. The number of benzene rings is 1. The fourth-order valence-corrected chi connectivity index (χ4v) is 5.10. The van der Waals surface area contributed by atoms with Gasteiger partial charge in [0.05, 0.1) is 6.20 Å². The zero-order valence-electron chi connectivity index (χ0n) is 20.8. The van der Waals surface area contributed by atoms with Crippen LogP contribution in [0.2, 0.25) is 0 Å². The third-order valence-electron chi connectivity index (χ3n) is 6.94. The molecule has 2 atom stereocenters. The minimum absolute atomic E-state index is 0.0134. The van der Waals surface area contributed by atoms with Crippen LogP contribution in [0.5, 0.6) is 5.75 Å². The SMILES string of the molecule is CC(C)(C)OC(=O)N1CCC(Cc2nnc3ccc(O[C@@H]4CC[C@H](N)c5ccccc54)cn23)CC1. The van der Waals surface area contributed by atoms with E-state index in [1.165, 1.54) is 11.1 Å². The van der Waals surface area contributed by atoms with E-state index in [1.807, 2.05) is 60.5 Å². The first-order valence-electron chi connectivity index (χ1n) is 12.6. The monoisotopic (exact) mass is 477 g/mol. The van der Waals surface area contributed by atoms with Crippen molar-refractivity contribution >= 4 is 11.7 Å². The molecule has 0 bridgehead atoms. The molecule has 1 aliphatic carbocycles. The third kappa shape index (κ3) is 5.27. The van der Waals surface area contributed by atoms with Crippen LogP contribution < -0.4 is 10.5 Å². The van der Waals surface area contributed by atoms with Crippen molar-refractivity contribution in [1.29, 1.82) is 0 Å². The van der Waals surface area contributed by atoms with Crippen LogP contribution in [0.15, 0.2) is 42.6 Å². The molecule has 8 nitrogen and oxygen atoms in total. The second-order valence-corrected chi connectivity index (χ2v) is 10.7. The molecule has 0 saturated carbocycles. The van der Waals surface area contributed by atoms with Crippen LogP contribution in [0.25, 0.3) is 5.65 Å². The van der Waals surface area contributed by atoms with Gasteiger partial charge in [0.25, 0.3) is 0 Å². The Kier molecular flexibility index (Phi) is 6.40. The summed E-state index contributed by atoms with van der Waals surface area (Å²) in [4.78, 5) is 14.2. The lowest BCUT2D eigenvalue weighted by Crippen LogP contribution is -2.42. The van der Waals surface area contributed by atoms with Crippen molar-refractivity contribution in [2.45, 2.75) is 70.6 Å². The molecule has 8 heteroatoms. The van der Waals surface area contributed by atoms with Crippen molar-refractivity contribution in [3.05, 3.63) is 59.5 Å². The van der Waals surface area contributed by atoms with Crippen LogP contribution in [0.4, 0.5) is 4.79 Å². The number of hydrogen-bond donors (Lipinski definition) is 1. The van der Waals surface area contributed by atoms with Gasteiger partial charge in [-0.05, 0) is 75.6 Å². The Morgan fingerprint density at radius 3 is 2.51 bits per heavy atom. The van der Waals surface area contributed by atoms with E-state index in [2.05, 4.69) is 22.3 Å². The van der Waals surface area contributed by atoms with Gasteiger partial charge in [-0.15, -0.1) is 10.2 Å². The summed E-state index contributed by atoms with van der Waals surface area (Å²) in [5.74, 6) is 2.16. The summed E-state index contributed by atoms with van der Waals surface area (Å²) >= 11 is 0. The Balaban J connectivity index is 1.25. The number of hydrogen-bond acceptors (Lipinski definition) is 6. The molecule has 2 N–H and O–H groups in total. The third-order valence-corrected chi connectivity index (χ3v) is 6.94. The molecule has 2 aromatic heterocycles.